The molecule has 1 saturated heterocycles. The summed E-state index contributed by atoms with van der Waals surface area (Å²) >= 11 is 6.00. The molecule has 1 fully saturated rings. The van der Waals surface area contributed by atoms with Crippen LogP contribution in [0.2, 0.25) is 5.02 Å². The lowest BCUT2D eigenvalue weighted by Crippen LogP contribution is -2.50. The quantitative estimate of drug-likeness (QED) is 0.565. The van der Waals surface area contributed by atoms with Crippen LogP contribution in [0.1, 0.15) is 33.5 Å². The number of amidine groups is 1. The molecule has 0 radical (unpaired) electrons. The number of carbonyl (C=O) groups is 1. The zero-order chi connectivity index (χ0) is 25.9. The molecule has 2 aliphatic rings. The predicted molar refractivity (Wildman–Crippen MR) is 132 cm³/mol. The highest BCUT2D eigenvalue weighted by Gasteiger charge is 2.35. The van der Waals surface area contributed by atoms with Gasteiger partial charge in [-0.3, -0.25) is 14.7 Å². The highest BCUT2D eigenvalue weighted by Crippen LogP contribution is 2.34. The summed E-state index contributed by atoms with van der Waals surface area (Å²) in [7, 11) is 0. The zero-order valence-electron chi connectivity index (χ0n) is 19.5. The summed E-state index contributed by atoms with van der Waals surface area (Å²) in [6, 6.07) is 9.75. The van der Waals surface area contributed by atoms with Crippen molar-refractivity contribution in [2.24, 2.45) is 10.7 Å². The van der Waals surface area contributed by atoms with E-state index in [-0.39, 0.29) is 41.0 Å². The van der Waals surface area contributed by atoms with Gasteiger partial charge in [-0.05, 0) is 41.5 Å². The van der Waals surface area contributed by atoms with E-state index in [2.05, 4.69) is 4.99 Å². The van der Waals surface area contributed by atoms with Crippen molar-refractivity contribution in [3.8, 4) is 0 Å². The van der Waals surface area contributed by atoms with Gasteiger partial charge in [0.2, 0.25) is 0 Å². The van der Waals surface area contributed by atoms with Gasteiger partial charge in [-0.15, -0.1) is 0 Å². The maximum atomic E-state index is 13.6. The van der Waals surface area contributed by atoms with Crippen LogP contribution in [0.3, 0.4) is 0 Å². The van der Waals surface area contributed by atoms with E-state index in [1.54, 1.807) is 34.1 Å². The highest BCUT2D eigenvalue weighted by atomic mass is 35.5. The molecule has 192 valence electrons. The fourth-order valence-electron chi connectivity index (χ4n) is 4.44. The molecule has 0 saturated carbocycles. The van der Waals surface area contributed by atoms with Crippen molar-refractivity contribution >= 4 is 29.1 Å². The Morgan fingerprint density at radius 2 is 1.78 bits per heavy atom. The first-order chi connectivity index (χ1) is 17.1. The molecule has 7 nitrogen and oxygen atoms in total. The lowest BCUT2D eigenvalue weighted by atomic mass is 9.97. The number of halogens is 4. The van der Waals surface area contributed by atoms with Crippen LogP contribution in [0, 0.1) is 5.41 Å². The van der Waals surface area contributed by atoms with Gasteiger partial charge in [0, 0.05) is 48.9 Å². The Hall–Kier alpha value is -2.95. The Bertz CT molecular complexity index is 1150. The third-order valence-electron chi connectivity index (χ3n) is 6.39. The number of amides is 1. The maximum Gasteiger partial charge on any atom is 0.416 e. The summed E-state index contributed by atoms with van der Waals surface area (Å²) in [4.78, 5) is 20.5. The minimum atomic E-state index is -4.52. The van der Waals surface area contributed by atoms with Crippen LogP contribution in [0.4, 0.5) is 13.2 Å². The number of rotatable bonds is 6. The van der Waals surface area contributed by atoms with Gasteiger partial charge in [0.25, 0.3) is 5.91 Å². The number of nitrogens with two attached hydrogens (primary N) is 1. The van der Waals surface area contributed by atoms with Gasteiger partial charge in [-0.2, -0.15) is 13.2 Å². The van der Waals surface area contributed by atoms with Gasteiger partial charge in [0.1, 0.15) is 5.84 Å². The number of alkyl halides is 3. The van der Waals surface area contributed by atoms with E-state index in [0.717, 1.165) is 6.07 Å². The summed E-state index contributed by atoms with van der Waals surface area (Å²) in [6.45, 7) is 2.82. The number of hydrogen-bond acceptors (Lipinski definition) is 6. The molecule has 0 spiro atoms. The van der Waals surface area contributed by atoms with Crippen LogP contribution >= 0.6 is 11.6 Å². The van der Waals surface area contributed by atoms with Gasteiger partial charge in [-0.25, -0.2) is 0 Å². The number of carbonyl (C=O) groups excluding carboxylic acids is 1. The molecule has 2 heterocycles. The van der Waals surface area contributed by atoms with Crippen molar-refractivity contribution in [2.75, 3.05) is 39.4 Å². The smallest absolute Gasteiger partial charge is 0.386 e. The Labute approximate surface area is 212 Å². The summed E-state index contributed by atoms with van der Waals surface area (Å²) in [5.41, 5.74) is 6.83. The molecule has 0 aliphatic carbocycles. The van der Waals surface area contributed by atoms with Crippen LogP contribution in [0.25, 0.3) is 0 Å². The number of ether oxygens (including phenoxy) is 1. The average Bonchev–Trinajstić information content (AvgIpc) is 2.85. The van der Waals surface area contributed by atoms with E-state index < -0.39 is 17.8 Å². The summed E-state index contributed by atoms with van der Waals surface area (Å²) in [6.07, 6.45) is -4.36. The molecule has 11 heteroatoms. The largest absolute Gasteiger partial charge is 0.416 e. The summed E-state index contributed by atoms with van der Waals surface area (Å²) < 4.78 is 46.0. The van der Waals surface area contributed by atoms with E-state index in [1.807, 2.05) is 0 Å². The molecule has 2 aromatic carbocycles. The maximum absolute atomic E-state index is 13.6. The fraction of sp³-hybridized carbons (Fsp3) is 0.400. The Kier molecular flexibility index (Phi) is 7.97. The fourth-order valence-corrected chi connectivity index (χ4v) is 4.64. The lowest BCUT2D eigenvalue weighted by Gasteiger charge is -2.35. The first-order valence-electron chi connectivity index (χ1n) is 11.6. The minimum absolute atomic E-state index is 0.0312. The number of morpholine rings is 1. The number of hydrogen-bond donors (Lipinski definition) is 2. The van der Waals surface area contributed by atoms with Crippen LogP contribution in [-0.2, 0) is 17.5 Å². The first-order valence-corrected chi connectivity index (χ1v) is 12.0. The Morgan fingerprint density at radius 3 is 2.44 bits per heavy atom. The Balaban J connectivity index is 1.48. The second kappa shape index (κ2) is 11.0. The highest BCUT2D eigenvalue weighted by molar-refractivity contribution is 6.30. The Morgan fingerprint density at radius 1 is 1.11 bits per heavy atom. The molecule has 1 unspecified atom stereocenters. The van der Waals surface area contributed by atoms with Gasteiger partial charge in [0.15, 0.2) is 0 Å². The van der Waals surface area contributed by atoms with Crippen molar-refractivity contribution in [2.45, 2.75) is 25.2 Å². The van der Waals surface area contributed by atoms with Gasteiger partial charge < -0.3 is 20.8 Å². The molecule has 2 aromatic rings. The van der Waals surface area contributed by atoms with Crippen LogP contribution in [0.5, 0.6) is 0 Å². The second-order valence-electron chi connectivity index (χ2n) is 8.76. The average molecular weight is 522 g/mol. The standard InChI is InChI=1S/C25H27ClF3N5O2/c26-19-5-6-20(25(27,28)29)18(13-19)15-34-8-7-32-23(31)22(34)14-21(30)16-1-3-17(4-2-16)24(35)33-9-11-36-12-10-33/h1-6,13,22,30H,7-12,14-15H2,(H2,31,32). The van der Waals surface area contributed by atoms with Crippen molar-refractivity contribution in [3.63, 3.8) is 0 Å². The number of benzene rings is 2. The second-order valence-corrected chi connectivity index (χ2v) is 9.19. The molecule has 3 N–H and O–H groups in total. The van der Waals surface area contributed by atoms with Crippen molar-refractivity contribution in [1.29, 1.82) is 5.41 Å². The van der Waals surface area contributed by atoms with E-state index in [9.17, 15) is 18.0 Å². The van der Waals surface area contributed by atoms with Gasteiger partial charge >= 0.3 is 6.18 Å². The van der Waals surface area contributed by atoms with E-state index in [4.69, 9.17) is 27.5 Å². The predicted octanol–water partition coefficient (Wildman–Crippen LogP) is 3.83. The van der Waals surface area contributed by atoms with Crippen LogP contribution in [0.15, 0.2) is 47.5 Å². The van der Waals surface area contributed by atoms with Crippen LogP contribution in [-0.4, -0.2) is 72.7 Å². The zero-order valence-corrected chi connectivity index (χ0v) is 20.3. The molecule has 0 bridgehead atoms. The van der Waals surface area contributed by atoms with Crippen LogP contribution < -0.4 is 5.73 Å². The molecule has 0 aromatic heterocycles. The molecule has 2 aliphatic heterocycles. The molecule has 36 heavy (non-hydrogen) atoms. The van der Waals surface area contributed by atoms with Gasteiger partial charge in [-0.1, -0.05) is 23.7 Å². The number of nitrogens with one attached hydrogen (secondary N) is 1. The monoisotopic (exact) mass is 521 g/mol. The van der Waals surface area contributed by atoms with Gasteiger partial charge in [0.05, 0.1) is 31.4 Å². The molecular formula is C25H27ClF3N5O2. The van der Waals surface area contributed by atoms with E-state index in [0.29, 0.717) is 50.5 Å². The molecule has 4 rings (SSSR count). The normalized spacial score (nSPS) is 19.2. The molecule has 1 amide bonds. The molecular weight excluding hydrogens is 495 g/mol. The number of aliphatic imine (C=N–C) groups is 1. The van der Waals surface area contributed by atoms with E-state index >= 15 is 0 Å². The third kappa shape index (κ3) is 6.05. The molecule has 1 atom stereocenters. The lowest BCUT2D eigenvalue weighted by molar-refractivity contribution is -0.138. The topological polar surface area (TPSA) is 95.0 Å². The summed E-state index contributed by atoms with van der Waals surface area (Å²) in [5.74, 6) is 0.189. The van der Waals surface area contributed by atoms with Crippen molar-refractivity contribution in [3.05, 3.63) is 69.7 Å². The first kappa shape index (κ1) is 26.1. The van der Waals surface area contributed by atoms with Crippen molar-refractivity contribution in [1.82, 2.24) is 9.80 Å². The number of nitrogens with zero attached hydrogens (tertiary/aromatic N) is 3. The minimum Gasteiger partial charge on any atom is -0.386 e. The van der Waals surface area contributed by atoms with Crippen molar-refractivity contribution < 1.29 is 22.7 Å². The third-order valence-corrected chi connectivity index (χ3v) is 6.62. The van der Waals surface area contributed by atoms with E-state index in [1.165, 1.54) is 12.1 Å². The SMILES string of the molecule is N=C(CC1C(N)=NCCN1Cc1cc(Cl)ccc1C(F)(F)F)c1ccc(C(=O)N2CCOCC2)cc1. The summed E-state index contributed by atoms with van der Waals surface area (Å²) in [5, 5.41) is 8.84.